The SMILES string of the molecule is Cc1ccccc1[C@H]1CC(=O)C[C@H](c2ccccc2)N1C(=O)c1ccccc1. The molecule has 1 heterocycles. The average molecular weight is 369 g/mol. The van der Waals surface area contributed by atoms with Crippen molar-refractivity contribution in [3.8, 4) is 0 Å². The van der Waals surface area contributed by atoms with E-state index in [2.05, 4.69) is 0 Å². The first-order chi connectivity index (χ1) is 13.6. The Morgan fingerprint density at radius 1 is 0.786 bits per heavy atom. The molecule has 3 heteroatoms. The Bertz CT molecular complexity index is 982. The lowest BCUT2D eigenvalue weighted by Crippen LogP contribution is -2.43. The first-order valence-corrected chi connectivity index (χ1v) is 9.65. The molecule has 3 aromatic rings. The number of rotatable bonds is 3. The van der Waals surface area contributed by atoms with Gasteiger partial charge in [-0.05, 0) is 35.7 Å². The number of benzene rings is 3. The molecule has 1 aliphatic heterocycles. The Morgan fingerprint density at radius 3 is 2.04 bits per heavy atom. The largest absolute Gasteiger partial charge is 0.324 e. The van der Waals surface area contributed by atoms with Crippen molar-refractivity contribution < 1.29 is 9.59 Å². The van der Waals surface area contributed by atoms with E-state index in [1.807, 2.05) is 96.8 Å². The van der Waals surface area contributed by atoms with Crippen LogP contribution in [0.4, 0.5) is 0 Å². The standard InChI is InChI=1S/C25H23NO2/c1-18-10-8-9-15-22(18)24-17-21(27)16-23(19-11-4-2-5-12-19)26(24)25(28)20-13-6-3-7-14-20/h2-15,23-24H,16-17H2,1H3/t23-,24-/m1/s1. The van der Waals surface area contributed by atoms with Gasteiger partial charge in [0, 0.05) is 18.4 Å². The predicted molar refractivity (Wildman–Crippen MR) is 110 cm³/mol. The van der Waals surface area contributed by atoms with Crippen molar-refractivity contribution >= 4 is 11.7 Å². The molecule has 1 amide bonds. The van der Waals surface area contributed by atoms with Crippen molar-refractivity contribution in [1.29, 1.82) is 0 Å². The Labute approximate surface area is 165 Å². The number of likely N-dealkylation sites (tertiary alicyclic amines) is 1. The Hall–Kier alpha value is -3.20. The number of hydrogen-bond acceptors (Lipinski definition) is 2. The number of carbonyl (C=O) groups excluding carboxylic acids is 2. The summed E-state index contributed by atoms with van der Waals surface area (Å²) in [5, 5.41) is 0. The van der Waals surface area contributed by atoms with E-state index in [1.54, 1.807) is 0 Å². The number of hydrogen-bond donors (Lipinski definition) is 0. The highest BCUT2D eigenvalue weighted by molar-refractivity contribution is 5.96. The van der Waals surface area contributed by atoms with Crippen LogP contribution in [0.5, 0.6) is 0 Å². The molecule has 1 saturated heterocycles. The molecule has 28 heavy (non-hydrogen) atoms. The van der Waals surface area contributed by atoms with Gasteiger partial charge in [0.25, 0.3) is 5.91 Å². The van der Waals surface area contributed by atoms with Crippen LogP contribution in [0.2, 0.25) is 0 Å². The maximum atomic E-state index is 13.6. The fraction of sp³-hybridized carbons (Fsp3) is 0.200. The van der Waals surface area contributed by atoms with Crippen LogP contribution < -0.4 is 0 Å². The minimum Gasteiger partial charge on any atom is -0.324 e. The van der Waals surface area contributed by atoms with E-state index in [1.165, 1.54) is 0 Å². The zero-order chi connectivity index (χ0) is 19.5. The van der Waals surface area contributed by atoms with E-state index < -0.39 is 0 Å². The number of nitrogens with zero attached hydrogens (tertiary/aromatic N) is 1. The van der Waals surface area contributed by atoms with Crippen LogP contribution in [0.25, 0.3) is 0 Å². The number of carbonyl (C=O) groups is 2. The topological polar surface area (TPSA) is 37.4 Å². The van der Waals surface area contributed by atoms with Crippen molar-refractivity contribution in [2.45, 2.75) is 31.8 Å². The van der Waals surface area contributed by atoms with Gasteiger partial charge in [-0.3, -0.25) is 9.59 Å². The zero-order valence-corrected chi connectivity index (χ0v) is 15.9. The summed E-state index contributed by atoms with van der Waals surface area (Å²) in [5.41, 5.74) is 3.79. The molecule has 140 valence electrons. The van der Waals surface area contributed by atoms with E-state index in [-0.39, 0.29) is 23.8 Å². The number of Topliss-reactive ketones (excluding diaryl/α,β-unsaturated/α-hetero) is 1. The molecule has 1 aliphatic rings. The Balaban J connectivity index is 1.84. The first-order valence-electron chi connectivity index (χ1n) is 9.65. The van der Waals surface area contributed by atoms with Gasteiger partial charge >= 0.3 is 0 Å². The average Bonchev–Trinajstić information content (AvgIpc) is 2.74. The molecule has 4 rings (SSSR count). The molecule has 0 aromatic heterocycles. The molecule has 3 nitrogen and oxygen atoms in total. The lowest BCUT2D eigenvalue weighted by molar-refractivity contribution is -0.124. The highest BCUT2D eigenvalue weighted by Crippen LogP contribution is 2.42. The molecular formula is C25H23NO2. The van der Waals surface area contributed by atoms with Crippen LogP contribution in [-0.2, 0) is 4.79 Å². The number of amides is 1. The summed E-state index contributed by atoms with van der Waals surface area (Å²) in [4.78, 5) is 28.2. The van der Waals surface area contributed by atoms with Gasteiger partial charge in [-0.2, -0.15) is 0 Å². The van der Waals surface area contributed by atoms with Crippen LogP contribution in [0.1, 0.15) is 52.0 Å². The smallest absolute Gasteiger partial charge is 0.254 e. The zero-order valence-electron chi connectivity index (χ0n) is 15.9. The van der Waals surface area contributed by atoms with E-state index in [0.29, 0.717) is 18.4 Å². The van der Waals surface area contributed by atoms with Gasteiger partial charge in [0.2, 0.25) is 0 Å². The van der Waals surface area contributed by atoms with Gasteiger partial charge < -0.3 is 4.90 Å². The summed E-state index contributed by atoms with van der Waals surface area (Å²) >= 11 is 0. The summed E-state index contributed by atoms with van der Waals surface area (Å²) in [6.45, 7) is 2.04. The lowest BCUT2D eigenvalue weighted by Gasteiger charge is -2.42. The number of ketones is 1. The molecule has 1 fully saturated rings. The predicted octanol–water partition coefficient (Wildman–Crippen LogP) is 5.28. The molecule has 0 spiro atoms. The van der Waals surface area contributed by atoms with Gasteiger partial charge in [0.05, 0.1) is 12.1 Å². The summed E-state index contributed by atoms with van der Waals surface area (Å²) < 4.78 is 0. The second kappa shape index (κ2) is 7.81. The van der Waals surface area contributed by atoms with Crippen LogP contribution in [0, 0.1) is 6.92 Å². The third kappa shape index (κ3) is 3.48. The third-order valence-corrected chi connectivity index (χ3v) is 5.50. The Morgan fingerprint density at radius 2 is 1.36 bits per heavy atom. The van der Waals surface area contributed by atoms with Crippen LogP contribution in [-0.4, -0.2) is 16.6 Å². The lowest BCUT2D eigenvalue weighted by atomic mass is 9.85. The van der Waals surface area contributed by atoms with Gasteiger partial charge in [-0.25, -0.2) is 0 Å². The molecule has 0 N–H and O–H groups in total. The van der Waals surface area contributed by atoms with Crippen LogP contribution >= 0.6 is 0 Å². The van der Waals surface area contributed by atoms with Gasteiger partial charge in [-0.15, -0.1) is 0 Å². The van der Waals surface area contributed by atoms with Crippen molar-refractivity contribution in [3.05, 3.63) is 107 Å². The molecule has 0 aliphatic carbocycles. The molecule has 0 bridgehead atoms. The van der Waals surface area contributed by atoms with Crippen molar-refractivity contribution in [2.24, 2.45) is 0 Å². The van der Waals surface area contributed by atoms with E-state index in [0.717, 1.165) is 16.7 Å². The molecular weight excluding hydrogens is 346 g/mol. The quantitative estimate of drug-likeness (QED) is 0.630. The maximum absolute atomic E-state index is 13.6. The molecule has 2 atom stereocenters. The van der Waals surface area contributed by atoms with Crippen molar-refractivity contribution in [3.63, 3.8) is 0 Å². The maximum Gasteiger partial charge on any atom is 0.254 e. The summed E-state index contributed by atoms with van der Waals surface area (Å²) in [6.07, 6.45) is 0.706. The van der Waals surface area contributed by atoms with E-state index in [4.69, 9.17) is 0 Å². The van der Waals surface area contributed by atoms with Crippen molar-refractivity contribution in [2.75, 3.05) is 0 Å². The number of piperidine rings is 1. The van der Waals surface area contributed by atoms with Gasteiger partial charge in [0.15, 0.2) is 0 Å². The Kier molecular flexibility index (Phi) is 5.07. The van der Waals surface area contributed by atoms with Crippen LogP contribution in [0.3, 0.4) is 0 Å². The molecule has 0 radical (unpaired) electrons. The summed E-state index contributed by atoms with van der Waals surface area (Å²) in [5.74, 6) is 0.162. The van der Waals surface area contributed by atoms with E-state index in [9.17, 15) is 9.59 Å². The number of aryl methyl sites for hydroxylation is 1. The minimum absolute atomic E-state index is 0.0322. The molecule has 0 unspecified atom stereocenters. The second-order valence-electron chi connectivity index (χ2n) is 7.32. The highest BCUT2D eigenvalue weighted by atomic mass is 16.2. The summed E-state index contributed by atoms with van der Waals surface area (Å²) in [7, 11) is 0. The monoisotopic (exact) mass is 369 g/mol. The van der Waals surface area contributed by atoms with Crippen LogP contribution in [0.15, 0.2) is 84.9 Å². The highest BCUT2D eigenvalue weighted by Gasteiger charge is 2.40. The summed E-state index contributed by atoms with van der Waals surface area (Å²) in [6, 6.07) is 26.7. The fourth-order valence-corrected chi connectivity index (χ4v) is 4.12. The molecule has 3 aromatic carbocycles. The van der Waals surface area contributed by atoms with Gasteiger partial charge in [-0.1, -0.05) is 72.8 Å². The third-order valence-electron chi connectivity index (χ3n) is 5.50. The fourth-order valence-electron chi connectivity index (χ4n) is 4.12. The molecule has 0 saturated carbocycles. The minimum atomic E-state index is -0.264. The van der Waals surface area contributed by atoms with E-state index >= 15 is 0 Å². The van der Waals surface area contributed by atoms with Crippen molar-refractivity contribution in [1.82, 2.24) is 4.90 Å². The normalized spacial score (nSPS) is 19.5. The first kappa shape index (κ1) is 18.2. The van der Waals surface area contributed by atoms with Gasteiger partial charge in [0.1, 0.15) is 5.78 Å². The second-order valence-corrected chi connectivity index (χ2v) is 7.32.